The minimum Gasteiger partial charge on any atom is -0.377 e. The summed E-state index contributed by atoms with van der Waals surface area (Å²) in [5, 5.41) is 3.38. The topological polar surface area (TPSA) is 24.9 Å². The number of nitrogens with one attached hydrogen (secondary N) is 1. The number of rotatable bonds is 3. The second-order valence-electron chi connectivity index (χ2n) is 4.30. The van der Waals surface area contributed by atoms with E-state index in [1.54, 1.807) is 6.07 Å². The van der Waals surface area contributed by atoms with Crippen LogP contribution in [0.15, 0.2) is 39.4 Å². The molecular weight excluding hydrogens is 375 g/mol. The third kappa shape index (κ3) is 3.54. The quantitative estimate of drug-likeness (QED) is 0.729. The van der Waals surface area contributed by atoms with E-state index in [1.165, 1.54) is 12.1 Å². The number of aryl methyl sites for hydroxylation is 1. The molecule has 1 aromatic heterocycles. The molecule has 19 heavy (non-hydrogen) atoms. The number of hydrogen-bond donors (Lipinski definition) is 1. The molecule has 0 saturated heterocycles. The highest BCUT2D eigenvalue weighted by atomic mass is 79.9. The van der Waals surface area contributed by atoms with Crippen LogP contribution in [-0.4, -0.2) is 4.98 Å². The van der Waals surface area contributed by atoms with Crippen LogP contribution in [0.1, 0.15) is 24.2 Å². The van der Waals surface area contributed by atoms with E-state index in [0.29, 0.717) is 0 Å². The van der Waals surface area contributed by atoms with Crippen molar-refractivity contribution in [3.05, 3.63) is 56.5 Å². The van der Waals surface area contributed by atoms with E-state index in [4.69, 9.17) is 0 Å². The van der Waals surface area contributed by atoms with Crippen molar-refractivity contribution in [2.75, 3.05) is 5.32 Å². The summed E-state index contributed by atoms with van der Waals surface area (Å²) >= 11 is 6.73. The van der Waals surface area contributed by atoms with Gasteiger partial charge in [0.2, 0.25) is 0 Å². The summed E-state index contributed by atoms with van der Waals surface area (Å²) in [6, 6.07) is 8.63. The molecule has 0 aliphatic heterocycles. The zero-order chi connectivity index (χ0) is 14.0. The van der Waals surface area contributed by atoms with Gasteiger partial charge in [0.15, 0.2) is 0 Å². The summed E-state index contributed by atoms with van der Waals surface area (Å²) in [5.74, 6) is -0.246. The lowest BCUT2D eigenvalue weighted by atomic mass is 10.1. The molecule has 2 aromatic rings. The van der Waals surface area contributed by atoms with Gasteiger partial charge in [0, 0.05) is 10.5 Å². The average molecular weight is 388 g/mol. The monoisotopic (exact) mass is 386 g/mol. The highest BCUT2D eigenvalue weighted by molar-refractivity contribution is 9.10. The Labute approximate surface area is 128 Å². The Morgan fingerprint density at radius 3 is 2.58 bits per heavy atom. The van der Waals surface area contributed by atoms with Gasteiger partial charge in [-0.3, -0.25) is 0 Å². The summed E-state index contributed by atoms with van der Waals surface area (Å²) in [6.07, 6.45) is 0. The van der Waals surface area contributed by atoms with Gasteiger partial charge < -0.3 is 5.32 Å². The summed E-state index contributed by atoms with van der Waals surface area (Å²) in [5.41, 5.74) is 2.88. The minimum absolute atomic E-state index is 0.0525. The van der Waals surface area contributed by atoms with Gasteiger partial charge in [-0.15, -0.1) is 0 Å². The molecule has 2 rings (SSSR count). The van der Waals surface area contributed by atoms with E-state index < -0.39 is 0 Å². The fourth-order valence-corrected chi connectivity index (χ4v) is 2.94. The summed E-state index contributed by atoms with van der Waals surface area (Å²) < 4.78 is 14.7. The molecule has 0 aliphatic rings. The van der Waals surface area contributed by atoms with Gasteiger partial charge in [-0.25, -0.2) is 9.37 Å². The van der Waals surface area contributed by atoms with E-state index in [0.717, 1.165) is 26.0 Å². The van der Waals surface area contributed by atoms with Gasteiger partial charge in [0.1, 0.15) is 10.4 Å². The summed E-state index contributed by atoms with van der Waals surface area (Å²) in [6.45, 7) is 3.97. The van der Waals surface area contributed by atoms with Crippen molar-refractivity contribution in [1.82, 2.24) is 4.98 Å². The van der Waals surface area contributed by atoms with E-state index in [-0.39, 0.29) is 11.9 Å². The van der Waals surface area contributed by atoms with Gasteiger partial charge in [0.25, 0.3) is 0 Å². The van der Waals surface area contributed by atoms with Crippen LogP contribution in [0, 0.1) is 12.7 Å². The van der Waals surface area contributed by atoms with Gasteiger partial charge in [0.05, 0.1) is 11.4 Å². The van der Waals surface area contributed by atoms with Crippen LogP contribution in [0.4, 0.5) is 10.1 Å². The number of aromatic nitrogens is 1. The molecule has 100 valence electrons. The Kier molecular flexibility index (Phi) is 4.58. The molecule has 1 atom stereocenters. The molecule has 0 amide bonds. The smallest absolute Gasteiger partial charge is 0.124 e. The highest BCUT2D eigenvalue weighted by Crippen LogP contribution is 2.28. The molecule has 0 radical (unpaired) electrons. The first kappa shape index (κ1) is 14.5. The van der Waals surface area contributed by atoms with Gasteiger partial charge in [-0.05, 0) is 59.6 Å². The van der Waals surface area contributed by atoms with Crippen molar-refractivity contribution < 1.29 is 4.39 Å². The first-order valence-corrected chi connectivity index (χ1v) is 7.40. The lowest BCUT2D eigenvalue weighted by Crippen LogP contribution is -2.09. The van der Waals surface area contributed by atoms with E-state index in [1.807, 2.05) is 26.0 Å². The molecule has 0 saturated carbocycles. The second kappa shape index (κ2) is 6.01. The first-order chi connectivity index (χ1) is 8.97. The van der Waals surface area contributed by atoms with E-state index in [2.05, 4.69) is 42.2 Å². The molecule has 1 heterocycles. The third-order valence-electron chi connectivity index (χ3n) is 2.85. The van der Waals surface area contributed by atoms with Crippen molar-refractivity contribution in [2.45, 2.75) is 19.9 Å². The normalized spacial score (nSPS) is 12.3. The van der Waals surface area contributed by atoms with Crippen LogP contribution < -0.4 is 5.32 Å². The molecule has 1 unspecified atom stereocenters. The summed E-state index contributed by atoms with van der Waals surface area (Å²) in [4.78, 5) is 4.34. The lowest BCUT2D eigenvalue weighted by Gasteiger charge is -2.18. The maximum atomic E-state index is 13.1. The third-order valence-corrected chi connectivity index (χ3v) is 3.98. The average Bonchev–Trinajstić information content (AvgIpc) is 2.32. The molecule has 1 aromatic carbocycles. The highest BCUT2D eigenvalue weighted by Gasteiger charge is 2.11. The van der Waals surface area contributed by atoms with Crippen molar-refractivity contribution >= 4 is 37.5 Å². The van der Waals surface area contributed by atoms with Crippen LogP contribution in [0.25, 0.3) is 0 Å². The van der Waals surface area contributed by atoms with E-state index in [9.17, 15) is 4.39 Å². The van der Waals surface area contributed by atoms with E-state index >= 15 is 0 Å². The molecule has 0 spiro atoms. The maximum Gasteiger partial charge on any atom is 0.124 e. The van der Waals surface area contributed by atoms with Crippen molar-refractivity contribution in [1.29, 1.82) is 0 Å². The van der Waals surface area contributed by atoms with Crippen LogP contribution in [0.5, 0.6) is 0 Å². The van der Waals surface area contributed by atoms with Gasteiger partial charge >= 0.3 is 0 Å². The van der Waals surface area contributed by atoms with Crippen LogP contribution in [-0.2, 0) is 0 Å². The van der Waals surface area contributed by atoms with Crippen LogP contribution >= 0.6 is 31.9 Å². The number of nitrogens with zero attached hydrogens (tertiary/aromatic N) is 1. The molecule has 0 aliphatic carbocycles. The van der Waals surface area contributed by atoms with Crippen LogP contribution in [0.2, 0.25) is 0 Å². The Morgan fingerprint density at radius 1 is 1.21 bits per heavy atom. The molecule has 0 fully saturated rings. The Bertz CT molecular complexity index is 602. The van der Waals surface area contributed by atoms with Crippen LogP contribution in [0.3, 0.4) is 0 Å². The molecule has 5 heteroatoms. The Hall–Kier alpha value is -0.940. The zero-order valence-electron chi connectivity index (χ0n) is 10.5. The first-order valence-electron chi connectivity index (χ1n) is 5.82. The fourth-order valence-electron chi connectivity index (χ4n) is 1.85. The number of anilines is 1. The van der Waals surface area contributed by atoms with Crippen molar-refractivity contribution in [3.8, 4) is 0 Å². The standard InChI is InChI=1S/C14H13Br2FN2/c1-8(11-4-3-10(17)7-12(11)15)18-13-5-6-14(16)19-9(13)2/h3-8,18H,1-2H3. The molecule has 2 nitrogen and oxygen atoms in total. The fraction of sp³-hybridized carbons (Fsp3) is 0.214. The number of pyridine rings is 1. The number of benzene rings is 1. The van der Waals surface area contributed by atoms with Crippen molar-refractivity contribution in [3.63, 3.8) is 0 Å². The van der Waals surface area contributed by atoms with Gasteiger partial charge in [-0.1, -0.05) is 22.0 Å². The number of halogens is 3. The largest absolute Gasteiger partial charge is 0.377 e. The number of hydrogen-bond acceptors (Lipinski definition) is 2. The zero-order valence-corrected chi connectivity index (χ0v) is 13.7. The van der Waals surface area contributed by atoms with Gasteiger partial charge in [-0.2, -0.15) is 0 Å². The molecule has 1 N–H and O–H groups in total. The van der Waals surface area contributed by atoms with Crippen molar-refractivity contribution in [2.24, 2.45) is 0 Å². The lowest BCUT2D eigenvalue weighted by molar-refractivity contribution is 0.625. The molecular formula is C14H13Br2FN2. The minimum atomic E-state index is -0.246. The predicted octanol–water partition coefficient (Wildman–Crippen LogP) is 5.23. The Morgan fingerprint density at radius 2 is 1.95 bits per heavy atom. The summed E-state index contributed by atoms with van der Waals surface area (Å²) in [7, 11) is 0. The second-order valence-corrected chi connectivity index (χ2v) is 5.97. The Balaban J connectivity index is 2.23. The maximum absolute atomic E-state index is 13.1. The SMILES string of the molecule is Cc1nc(Br)ccc1NC(C)c1ccc(F)cc1Br. The molecule has 0 bridgehead atoms. The predicted molar refractivity (Wildman–Crippen MR) is 82.8 cm³/mol.